The van der Waals surface area contributed by atoms with Crippen LogP contribution >= 0.6 is 0 Å². The molecule has 1 aliphatic carbocycles. The van der Waals surface area contributed by atoms with Crippen LogP contribution in [-0.2, 0) is 15.1 Å². The second-order valence-corrected chi connectivity index (χ2v) is 9.54. The lowest BCUT2D eigenvalue weighted by atomic mass is 9.77. The van der Waals surface area contributed by atoms with E-state index in [1.165, 1.54) is 28.5 Å². The Balaban J connectivity index is 1.21. The molecule has 0 spiro atoms. The zero-order valence-electron chi connectivity index (χ0n) is 19.1. The zero-order chi connectivity index (χ0) is 24.0. The molecule has 7 heteroatoms. The number of aliphatic hydroxyl groups is 1. The van der Waals surface area contributed by atoms with Crippen molar-refractivity contribution in [3.8, 4) is 17.2 Å². The van der Waals surface area contributed by atoms with E-state index in [1.54, 1.807) is 17.0 Å². The van der Waals surface area contributed by atoms with Gasteiger partial charge in [-0.2, -0.15) is 5.26 Å². The number of hydrogen-bond acceptors (Lipinski definition) is 6. The number of nitriles is 1. The first-order chi connectivity index (χ1) is 17.1. The molecule has 1 amide bonds. The van der Waals surface area contributed by atoms with Gasteiger partial charge in [0, 0.05) is 25.0 Å². The number of benzene rings is 2. The number of aromatic nitrogens is 1. The molecule has 2 fully saturated rings. The van der Waals surface area contributed by atoms with Gasteiger partial charge in [-0.25, -0.2) is 9.78 Å². The average Bonchev–Trinajstić information content (AvgIpc) is 3.20. The number of hydrogen-bond donors (Lipinski definition) is 1. The average molecular weight is 468 g/mol. The van der Waals surface area contributed by atoms with Gasteiger partial charge in [-0.3, -0.25) is 4.90 Å². The first kappa shape index (κ1) is 21.8. The first-order valence-electron chi connectivity index (χ1n) is 11.9. The van der Waals surface area contributed by atoms with Crippen LogP contribution in [0.2, 0.25) is 0 Å². The van der Waals surface area contributed by atoms with E-state index in [9.17, 15) is 15.2 Å². The summed E-state index contributed by atoms with van der Waals surface area (Å²) in [6, 6.07) is 21.3. The van der Waals surface area contributed by atoms with Crippen molar-refractivity contribution in [3.05, 3.63) is 89.2 Å². The summed E-state index contributed by atoms with van der Waals surface area (Å²) in [7, 11) is 0. The van der Waals surface area contributed by atoms with Crippen molar-refractivity contribution in [1.29, 1.82) is 5.26 Å². The van der Waals surface area contributed by atoms with Crippen molar-refractivity contribution in [1.82, 2.24) is 9.88 Å². The van der Waals surface area contributed by atoms with Gasteiger partial charge < -0.3 is 14.6 Å². The number of pyridine rings is 1. The van der Waals surface area contributed by atoms with Gasteiger partial charge >= 0.3 is 6.09 Å². The second kappa shape index (κ2) is 8.49. The van der Waals surface area contributed by atoms with Crippen molar-refractivity contribution in [2.24, 2.45) is 0 Å². The molecule has 176 valence electrons. The lowest BCUT2D eigenvalue weighted by Gasteiger charge is -2.51. The van der Waals surface area contributed by atoms with E-state index < -0.39 is 5.60 Å². The second-order valence-electron chi connectivity index (χ2n) is 9.54. The molecule has 0 radical (unpaired) electrons. The Morgan fingerprint density at radius 3 is 2.34 bits per heavy atom. The van der Waals surface area contributed by atoms with Crippen LogP contribution in [0.25, 0.3) is 11.1 Å². The van der Waals surface area contributed by atoms with Crippen LogP contribution in [0.15, 0.2) is 66.9 Å². The molecule has 2 aliphatic heterocycles. The molecule has 2 saturated heterocycles. The molecule has 2 unspecified atom stereocenters. The van der Waals surface area contributed by atoms with Gasteiger partial charge in [0.15, 0.2) is 0 Å². The largest absolute Gasteiger partial charge is 0.448 e. The molecule has 7 nitrogen and oxygen atoms in total. The minimum atomic E-state index is -1.16. The third-order valence-electron chi connectivity index (χ3n) is 7.51. The SMILES string of the molecule is N#Cc1cc(C2(O)CC3COCC(C2)N3C(=O)OCC2c3ccccc3-c3ccccc32)ccn1. The van der Waals surface area contributed by atoms with E-state index in [-0.39, 0.29) is 36.4 Å². The van der Waals surface area contributed by atoms with Crippen LogP contribution < -0.4 is 0 Å². The van der Waals surface area contributed by atoms with Crippen LogP contribution in [0.3, 0.4) is 0 Å². The highest BCUT2D eigenvalue weighted by Crippen LogP contribution is 2.45. The van der Waals surface area contributed by atoms with E-state index in [4.69, 9.17) is 9.47 Å². The summed E-state index contributed by atoms with van der Waals surface area (Å²) in [6.07, 6.45) is 1.78. The molecule has 3 heterocycles. The molecule has 1 aromatic heterocycles. The molecule has 3 aromatic rings. The number of ether oxygens (including phenoxy) is 2. The third kappa shape index (κ3) is 3.66. The normalized spacial score (nSPS) is 24.9. The summed E-state index contributed by atoms with van der Waals surface area (Å²) in [5.74, 6) is -0.00890. The van der Waals surface area contributed by atoms with E-state index in [0.717, 1.165) is 0 Å². The van der Waals surface area contributed by atoms with Gasteiger partial charge in [0.2, 0.25) is 0 Å². The lowest BCUT2D eigenvalue weighted by molar-refractivity contribution is -0.136. The molecule has 0 saturated carbocycles. The summed E-state index contributed by atoms with van der Waals surface area (Å²) in [5.41, 5.74) is 4.46. The van der Waals surface area contributed by atoms with Crippen molar-refractivity contribution in [3.63, 3.8) is 0 Å². The molecule has 2 aromatic carbocycles. The number of carbonyl (C=O) groups is 1. The highest BCUT2D eigenvalue weighted by atomic mass is 16.6. The van der Waals surface area contributed by atoms with Crippen LogP contribution in [0.5, 0.6) is 0 Å². The molecule has 2 atom stereocenters. The van der Waals surface area contributed by atoms with Crippen molar-refractivity contribution < 1.29 is 19.4 Å². The van der Waals surface area contributed by atoms with Gasteiger partial charge in [0.05, 0.1) is 30.9 Å². The molecule has 2 bridgehead atoms. The molecular weight excluding hydrogens is 442 g/mol. The smallest absolute Gasteiger partial charge is 0.410 e. The number of morpholine rings is 1. The van der Waals surface area contributed by atoms with E-state index >= 15 is 0 Å². The number of nitrogens with zero attached hydrogens (tertiary/aromatic N) is 3. The van der Waals surface area contributed by atoms with Gasteiger partial charge in [0.25, 0.3) is 0 Å². The van der Waals surface area contributed by atoms with Crippen LogP contribution in [0, 0.1) is 11.3 Å². The fourth-order valence-electron chi connectivity index (χ4n) is 5.96. The monoisotopic (exact) mass is 467 g/mol. The topological polar surface area (TPSA) is 95.7 Å². The molecular formula is C28H25N3O4. The summed E-state index contributed by atoms with van der Waals surface area (Å²) < 4.78 is 11.7. The summed E-state index contributed by atoms with van der Waals surface area (Å²) >= 11 is 0. The number of carbonyl (C=O) groups excluding carboxylic acids is 1. The van der Waals surface area contributed by atoms with Gasteiger partial charge in [-0.1, -0.05) is 48.5 Å². The number of amides is 1. The molecule has 35 heavy (non-hydrogen) atoms. The number of piperidine rings is 1. The van der Waals surface area contributed by atoms with Gasteiger partial charge in [0.1, 0.15) is 18.4 Å². The van der Waals surface area contributed by atoms with Gasteiger partial charge in [-0.05, 0) is 39.9 Å². The highest BCUT2D eigenvalue weighted by molar-refractivity contribution is 5.79. The van der Waals surface area contributed by atoms with Crippen molar-refractivity contribution >= 4 is 6.09 Å². The summed E-state index contributed by atoms with van der Waals surface area (Å²) in [5, 5.41) is 20.7. The maximum atomic E-state index is 13.4. The van der Waals surface area contributed by atoms with Gasteiger partial charge in [-0.15, -0.1) is 0 Å². The third-order valence-corrected chi connectivity index (χ3v) is 7.51. The minimum absolute atomic E-state index is 0.00890. The Hall–Kier alpha value is -3.73. The van der Waals surface area contributed by atoms with E-state index in [2.05, 4.69) is 29.2 Å². The number of rotatable bonds is 3. The summed E-state index contributed by atoms with van der Waals surface area (Å²) in [4.78, 5) is 19.1. The van der Waals surface area contributed by atoms with E-state index in [1.807, 2.05) is 30.3 Å². The van der Waals surface area contributed by atoms with E-state index in [0.29, 0.717) is 31.6 Å². The van der Waals surface area contributed by atoms with Crippen LogP contribution in [-0.4, -0.2) is 53.0 Å². The van der Waals surface area contributed by atoms with Crippen LogP contribution in [0.1, 0.15) is 41.1 Å². The maximum Gasteiger partial charge on any atom is 0.410 e. The zero-order valence-corrected chi connectivity index (χ0v) is 19.1. The Labute approximate surface area is 203 Å². The van der Waals surface area contributed by atoms with Crippen LogP contribution in [0.4, 0.5) is 4.79 Å². The molecule has 3 aliphatic rings. The fourth-order valence-corrected chi connectivity index (χ4v) is 5.96. The quantitative estimate of drug-likeness (QED) is 0.627. The minimum Gasteiger partial charge on any atom is -0.448 e. The standard InChI is InChI=1S/C28H25N3O4/c29-14-19-11-18(9-10-30-19)28(33)12-20-15-34-16-21(13-28)31(20)27(32)35-17-26-24-7-3-1-5-22(24)23-6-2-4-8-25(23)26/h1-11,20-21,26,33H,12-13,15-17H2. The molecule has 6 rings (SSSR count). The maximum absolute atomic E-state index is 13.4. The highest BCUT2D eigenvalue weighted by Gasteiger charge is 2.49. The Morgan fingerprint density at radius 2 is 1.71 bits per heavy atom. The van der Waals surface area contributed by atoms with Crippen molar-refractivity contribution in [2.75, 3.05) is 19.8 Å². The summed E-state index contributed by atoms with van der Waals surface area (Å²) in [6.45, 7) is 0.919. The predicted octanol–water partition coefficient (Wildman–Crippen LogP) is 3.95. The Kier molecular flexibility index (Phi) is 5.28. The number of fused-ring (bicyclic) bond motifs is 5. The molecule has 1 N–H and O–H groups in total. The predicted molar refractivity (Wildman–Crippen MR) is 127 cm³/mol. The van der Waals surface area contributed by atoms with Crippen molar-refractivity contribution in [2.45, 2.75) is 36.4 Å². The Bertz CT molecular complexity index is 1270. The first-order valence-corrected chi connectivity index (χ1v) is 11.9. The lowest BCUT2D eigenvalue weighted by Crippen LogP contribution is -2.62. The Morgan fingerprint density at radius 1 is 1.09 bits per heavy atom. The fraction of sp³-hybridized carbons (Fsp3) is 0.321.